The van der Waals surface area contributed by atoms with E-state index in [9.17, 15) is 4.79 Å². The lowest BCUT2D eigenvalue weighted by Crippen LogP contribution is -2.32. The molecule has 0 fully saturated rings. The fourth-order valence-corrected chi connectivity index (χ4v) is 2.70. The molecule has 1 aromatic carbocycles. The van der Waals surface area contributed by atoms with E-state index in [0.717, 1.165) is 16.2 Å². The van der Waals surface area contributed by atoms with Gasteiger partial charge in [-0.1, -0.05) is 0 Å². The normalized spacial score (nSPS) is 9.70. The predicted octanol–water partition coefficient (Wildman–Crippen LogP) is 2.70. The lowest BCUT2D eigenvalue weighted by atomic mass is 10.2. The maximum Gasteiger partial charge on any atom is 0.275 e. The van der Waals surface area contributed by atoms with E-state index < -0.39 is 5.91 Å². The van der Waals surface area contributed by atoms with Gasteiger partial charge in [-0.2, -0.15) is 10.5 Å². The summed E-state index contributed by atoms with van der Waals surface area (Å²) in [5, 5.41) is 19.8. The Morgan fingerprint density at radius 2 is 1.91 bits per heavy atom. The van der Waals surface area contributed by atoms with Crippen LogP contribution in [0.3, 0.4) is 0 Å². The summed E-state index contributed by atoms with van der Waals surface area (Å²) in [6.45, 7) is 2.24. The first kappa shape index (κ1) is 16.5. The Morgan fingerprint density at radius 1 is 1.26 bits per heavy atom. The number of nitriles is 2. The highest BCUT2D eigenvalue weighted by Crippen LogP contribution is 2.26. The van der Waals surface area contributed by atoms with Gasteiger partial charge in [0.05, 0.1) is 18.7 Å². The van der Waals surface area contributed by atoms with Gasteiger partial charge in [0.1, 0.15) is 29.5 Å². The smallest absolute Gasteiger partial charge is 0.275 e. The lowest BCUT2D eigenvalue weighted by molar-refractivity contribution is 0.0790. The van der Waals surface area contributed by atoms with Crippen molar-refractivity contribution in [2.75, 3.05) is 19.7 Å². The molecule has 2 aromatic rings. The van der Waals surface area contributed by atoms with Crippen molar-refractivity contribution in [1.82, 2.24) is 9.88 Å². The molecule has 0 bridgehead atoms. The molecule has 1 amide bonds. The molecule has 0 aliphatic heterocycles. The molecule has 116 valence electrons. The van der Waals surface area contributed by atoms with Crippen LogP contribution < -0.4 is 4.74 Å². The van der Waals surface area contributed by atoms with Gasteiger partial charge in [-0.05, 0) is 31.2 Å². The fraction of sp³-hybridized carbons (Fsp3) is 0.250. The van der Waals surface area contributed by atoms with Crippen molar-refractivity contribution in [1.29, 1.82) is 10.5 Å². The summed E-state index contributed by atoms with van der Waals surface area (Å²) >= 11 is 1.34. The minimum atomic E-state index is -0.415. The Labute approximate surface area is 138 Å². The molecule has 0 unspecified atom stereocenters. The topological polar surface area (TPSA) is 90.0 Å². The molecule has 0 radical (unpaired) electrons. The van der Waals surface area contributed by atoms with Gasteiger partial charge in [-0.3, -0.25) is 4.79 Å². The number of benzene rings is 1. The third-order valence-corrected chi connectivity index (χ3v) is 3.84. The van der Waals surface area contributed by atoms with E-state index in [4.69, 9.17) is 15.3 Å². The Bertz CT molecular complexity index is 740. The van der Waals surface area contributed by atoms with Crippen LogP contribution in [0, 0.1) is 22.7 Å². The molecule has 23 heavy (non-hydrogen) atoms. The van der Waals surface area contributed by atoms with E-state index in [1.807, 2.05) is 43.3 Å². The van der Waals surface area contributed by atoms with Gasteiger partial charge in [0, 0.05) is 10.9 Å². The average molecular weight is 326 g/mol. The number of carbonyl (C=O) groups is 1. The highest BCUT2D eigenvalue weighted by Gasteiger charge is 2.18. The van der Waals surface area contributed by atoms with Crippen molar-refractivity contribution in [3.63, 3.8) is 0 Å². The Morgan fingerprint density at radius 3 is 2.48 bits per heavy atom. The van der Waals surface area contributed by atoms with Gasteiger partial charge in [0.25, 0.3) is 5.91 Å². The van der Waals surface area contributed by atoms with Crippen molar-refractivity contribution < 1.29 is 9.53 Å². The van der Waals surface area contributed by atoms with E-state index in [2.05, 4.69) is 4.98 Å². The van der Waals surface area contributed by atoms with Crippen LogP contribution in [0.1, 0.15) is 17.4 Å². The van der Waals surface area contributed by atoms with E-state index >= 15 is 0 Å². The van der Waals surface area contributed by atoms with Crippen molar-refractivity contribution in [3.05, 3.63) is 35.3 Å². The molecule has 0 N–H and O–H groups in total. The zero-order chi connectivity index (χ0) is 16.7. The van der Waals surface area contributed by atoms with Crippen LogP contribution >= 0.6 is 11.3 Å². The van der Waals surface area contributed by atoms with Crippen LogP contribution in [-0.2, 0) is 0 Å². The highest BCUT2D eigenvalue weighted by molar-refractivity contribution is 7.13. The molecule has 1 heterocycles. The van der Waals surface area contributed by atoms with Crippen LogP contribution in [0.5, 0.6) is 5.75 Å². The van der Waals surface area contributed by atoms with Gasteiger partial charge < -0.3 is 9.64 Å². The third-order valence-electron chi connectivity index (χ3n) is 2.95. The van der Waals surface area contributed by atoms with Crippen molar-refractivity contribution in [3.8, 4) is 28.5 Å². The maximum atomic E-state index is 12.3. The van der Waals surface area contributed by atoms with Crippen molar-refractivity contribution >= 4 is 17.2 Å². The molecular weight excluding hydrogens is 312 g/mol. The number of rotatable bonds is 6. The predicted molar refractivity (Wildman–Crippen MR) is 85.8 cm³/mol. The van der Waals surface area contributed by atoms with Gasteiger partial charge >= 0.3 is 0 Å². The van der Waals surface area contributed by atoms with Crippen LogP contribution in [0.2, 0.25) is 0 Å². The SMILES string of the molecule is CCOc1ccc(-c2nc(C(=O)N(CC#N)CC#N)cs2)cc1. The quantitative estimate of drug-likeness (QED) is 0.761. The first-order valence-corrected chi connectivity index (χ1v) is 7.79. The third kappa shape index (κ3) is 4.06. The van der Waals surface area contributed by atoms with E-state index in [1.54, 1.807) is 5.38 Å². The largest absolute Gasteiger partial charge is 0.494 e. The van der Waals surface area contributed by atoms with Gasteiger partial charge in [0.15, 0.2) is 0 Å². The zero-order valence-corrected chi connectivity index (χ0v) is 13.3. The minimum absolute atomic E-state index is 0.137. The summed E-state index contributed by atoms with van der Waals surface area (Å²) in [5.74, 6) is 0.361. The molecule has 0 atom stereocenters. The van der Waals surface area contributed by atoms with Crippen molar-refractivity contribution in [2.24, 2.45) is 0 Å². The second-order valence-electron chi connectivity index (χ2n) is 4.47. The second-order valence-corrected chi connectivity index (χ2v) is 5.33. The summed E-state index contributed by atoms with van der Waals surface area (Å²) in [6, 6.07) is 11.2. The number of hydrogen-bond acceptors (Lipinski definition) is 6. The average Bonchev–Trinajstić information content (AvgIpc) is 3.05. The monoisotopic (exact) mass is 326 g/mol. The molecule has 0 aliphatic carbocycles. The number of hydrogen-bond donors (Lipinski definition) is 0. The standard InChI is InChI=1S/C16H14N4O2S/c1-2-22-13-5-3-12(4-6-13)15-19-14(11-23-15)16(21)20(9-7-17)10-8-18/h3-6,11H,2,9-10H2,1H3. The van der Waals surface area contributed by atoms with Gasteiger partial charge in [-0.15, -0.1) is 11.3 Å². The molecule has 1 aromatic heterocycles. The number of carbonyl (C=O) groups excluding carboxylic acids is 1. The minimum Gasteiger partial charge on any atom is -0.494 e. The molecule has 0 spiro atoms. The van der Waals surface area contributed by atoms with E-state index in [1.165, 1.54) is 11.3 Å². The summed E-state index contributed by atoms with van der Waals surface area (Å²) in [7, 11) is 0. The Kier molecular flexibility index (Phi) is 5.67. The zero-order valence-electron chi connectivity index (χ0n) is 12.5. The molecule has 0 aliphatic rings. The molecule has 2 rings (SSSR count). The highest BCUT2D eigenvalue weighted by atomic mass is 32.1. The number of nitrogens with zero attached hydrogens (tertiary/aromatic N) is 4. The number of aromatic nitrogens is 1. The van der Waals surface area contributed by atoms with Crippen LogP contribution in [0.25, 0.3) is 10.6 Å². The number of amides is 1. The molecule has 7 heteroatoms. The van der Waals surface area contributed by atoms with Gasteiger partial charge in [-0.25, -0.2) is 4.98 Å². The molecule has 6 nitrogen and oxygen atoms in total. The van der Waals surface area contributed by atoms with Crippen LogP contribution in [0.15, 0.2) is 29.6 Å². The molecule has 0 saturated carbocycles. The number of thiazole rings is 1. The fourth-order valence-electron chi connectivity index (χ4n) is 1.90. The number of ether oxygens (including phenoxy) is 1. The van der Waals surface area contributed by atoms with Crippen molar-refractivity contribution in [2.45, 2.75) is 6.92 Å². The van der Waals surface area contributed by atoms with E-state index in [-0.39, 0.29) is 18.8 Å². The summed E-state index contributed by atoms with van der Waals surface area (Å²) in [5.41, 5.74) is 1.12. The van der Waals surface area contributed by atoms with Gasteiger partial charge in [0.2, 0.25) is 0 Å². The lowest BCUT2D eigenvalue weighted by Gasteiger charge is -2.13. The summed E-state index contributed by atoms with van der Waals surface area (Å²) in [6.07, 6.45) is 0. The first-order valence-electron chi connectivity index (χ1n) is 6.91. The van der Waals surface area contributed by atoms with Crippen LogP contribution in [0.4, 0.5) is 0 Å². The summed E-state index contributed by atoms with van der Waals surface area (Å²) < 4.78 is 5.39. The Balaban J connectivity index is 2.18. The summed E-state index contributed by atoms with van der Waals surface area (Å²) in [4.78, 5) is 17.7. The van der Waals surface area contributed by atoms with E-state index in [0.29, 0.717) is 11.6 Å². The molecular formula is C16H14N4O2S. The second kappa shape index (κ2) is 7.92. The molecule has 0 saturated heterocycles. The first-order chi connectivity index (χ1) is 11.2. The maximum absolute atomic E-state index is 12.3. The Hall–Kier alpha value is -2.90. The van der Waals surface area contributed by atoms with Crippen LogP contribution in [-0.4, -0.2) is 35.5 Å².